The van der Waals surface area contributed by atoms with Gasteiger partial charge >= 0.3 is 12.1 Å². The summed E-state index contributed by atoms with van der Waals surface area (Å²) in [7, 11) is 0. The number of nitriles is 1. The van der Waals surface area contributed by atoms with Gasteiger partial charge in [0.05, 0.1) is 17.0 Å². The Morgan fingerprint density at radius 3 is 2.85 bits per heavy atom. The fraction of sp³-hybridized carbons (Fsp3) is 0.412. The molecule has 0 saturated heterocycles. The molecule has 2 aliphatic rings. The first-order valence-electron chi connectivity index (χ1n) is 8.22. The van der Waals surface area contributed by atoms with Gasteiger partial charge in [0.15, 0.2) is 0 Å². The number of urea groups is 2. The van der Waals surface area contributed by atoms with Crippen LogP contribution in [0.1, 0.15) is 31.4 Å². The van der Waals surface area contributed by atoms with Crippen LogP contribution in [0.15, 0.2) is 29.3 Å². The van der Waals surface area contributed by atoms with Gasteiger partial charge in [-0.1, -0.05) is 12.1 Å². The lowest BCUT2D eigenvalue weighted by atomic mass is 9.88. The van der Waals surface area contributed by atoms with Crippen LogP contribution < -0.4 is 5.32 Å². The average molecular weight is 355 g/mol. The molecule has 9 heteroatoms. The van der Waals surface area contributed by atoms with Gasteiger partial charge in [-0.3, -0.25) is 10.1 Å². The Bertz CT molecular complexity index is 840. The van der Waals surface area contributed by atoms with E-state index in [-0.39, 0.29) is 11.4 Å². The van der Waals surface area contributed by atoms with Crippen LogP contribution in [-0.2, 0) is 0 Å². The van der Waals surface area contributed by atoms with Crippen LogP contribution in [0.2, 0.25) is 0 Å². The number of amides is 4. The maximum absolute atomic E-state index is 12.6. The molecule has 1 heterocycles. The lowest BCUT2D eigenvalue weighted by molar-refractivity contribution is -0.385. The Kier molecular flexibility index (Phi) is 4.67. The first-order chi connectivity index (χ1) is 12.4. The Labute approximate surface area is 149 Å². The number of nitrogens with zero attached hydrogens (tertiary/aromatic N) is 4. The van der Waals surface area contributed by atoms with E-state index in [1.165, 1.54) is 25.1 Å². The molecule has 134 valence electrons. The monoisotopic (exact) mass is 355 g/mol. The van der Waals surface area contributed by atoms with Crippen LogP contribution in [0.5, 0.6) is 0 Å². The summed E-state index contributed by atoms with van der Waals surface area (Å²) in [5, 5.41) is 23.3. The molecule has 1 saturated carbocycles. The topological polar surface area (TPSA) is 129 Å². The molecule has 1 aliphatic carbocycles. The van der Waals surface area contributed by atoms with E-state index < -0.39 is 28.9 Å². The van der Waals surface area contributed by atoms with Gasteiger partial charge in [-0.25, -0.2) is 19.5 Å². The van der Waals surface area contributed by atoms with Crippen molar-refractivity contribution in [2.24, 2.45) is 16.8 Å². The Morgan fingerprint density at radius 1 is 1.50 bits per heavy atom. The van der Waals surface area contributed by atoms with E-state index in [1.807, 2.05) is 0 Å². The van der Waals surface area contributed by atoms with Crippen molar-refractivity contribution in [1.29, 1.82) is 5.26 Å². The number of imide groups is 1. The molecule has 1 aliphatic heterocycles. The van der Waals surface area contributed by atoms with Gasteiger partial charge in [-0.2, -0.15) is 5.26 Å². The molecule has 9 nitrogen and oxygen atoms in total. The Balaban J connectivity index is 1.99. The molecule has 1 aromatic rings. The Hall–Kier alpha value is -3.28. The van der Waals surface area contributed by atoms with Gasteiger partial charge in [0.25, 0.3) is 5.69 Å². The number of non-ortho nitro benzene ring substituents is 1. The predicted octanol–water partition coefficient (Wildman–Crippen LogP) is 2.79. The van der Waals surface area contributed by atoms with Crippen LogP contribution in [0.3, 0.4) is 0 Å². The van der Waals surface area contributed by atoms with E-state index >= 15 is 0 Å². The number of rotatable bonds is 4. The molecule has 1 fully saturated rings. The van der Waals surface area contributed by atoms with Crippen molar-refractivity contribution in [3.8, 4) is 6.07 Å². The summed E-state index contributed by atoms with van der Waals surface area (Å²) >= 11 is 0. The van der Waals surface area contributed by atoms with Gasteiger partial charge in [0.1, 0.15) is 5.92 Å². The molecule has 0 spiro atoms. The highest BCUT2D eigenvalue weighted by molar-refractivity contribution is 6.05. The van der Waals surface area contributed by atoms with Crippen molar-refractivity contribution in [3.63, 3.8) is 0 Å². The fourth-order valence-electron chi connectivity index (χ4n) is 2.95. The third-order valence-electron chi connectivity index (χ3n) is 4.54. The molecule has 0 bridgehead atoms. The van der Waals surface area contributed by atoms with Crippen molar-refractivity contribution in [3.05, 3.63) is 39.9 Å². The van der Waals surface area contributed by atoms with Crippen LogP contribution >= 0.6 is 0 Å². The third kappa shape index (κ3) is 3.39. The maximum atomic E-state index is 12.6. The highest BCUT2D eigenvalue weighted by Crippen LogP contribution is 2.35. The molecule has 2 atom stereocenters. The van der Waals surface area contributed by atoms with Crippen molar-refractivity contribution in [2.75, 3.05) is 6.54 Å². The minimum absolute atomic E-state index is 0.176. The second kappa shape index (κ2) is 6.92. The minimum Gasteiger partial charge on any atom is -0.337 e. The second-order valence-corrected chi connectivity index (χ2v) is 6.44. The predicted molar refractivity (Wildman–Crippen MR) is 91.4 cm³/mol. The number of nitro groups is 1. The van der Waals surface area contributed by atoms with Crippen molar-refractivity contribution in [2.45, 2.75) is 25.8 Å². The summed E-state index contributed by atoms with van der Waals surface area (Å²) in [4.78, 5) is 40.2. The summed E-state index contributed by atoms with van der Waals surface area (Å²) < 4.78 is 0. The molecule has 4 amide bonds. The van der Waals surface area contributed by atoms with Gasteiger partial charge in [-0.05, 0) is 31.2 Å². The number of carbonyl (C=O) groups excluding carboxylic acids is 2. The number of aliphatic imine (C=N–C) groups is 1. The largest absolute Gasteiger partial charge is 0.352 e. The quantitative estimate of drug-likeness (QED) is 0.656. The summed E-state index contributed by atoms with van der Waals surface area (Å²) in [5.74, 6) is -0.464. The summed E-state index contributed by atoms with van der Waals surface area (Å²) in [6.07, 6.45) is 2.06. The lowest BCUT2D eigenvalue weighted by Crippen LogP contribution is -2.50. The third-order valence-corrected chi connectivity index (χ3v) is 4.54. The van der Waals surface area contributed by atoms with Crippen LogP contribution in [0.4, 0.5) is 15.3 Å². The van der Waals surface area contributed by atoms with Gasteiger partial charge in [0.2, 0.25) is 0 Å². The molecule has 26 heavy (non-hydrogen) atoms. The zero-order valence-corrected chi connectivity index (χ0v) is 14.1. The first kappa shape index (κ1) is 17.5. The minimum atomic E-state index is -0.968. The maximum Gasteiger partial charge on any atom is 0.352 e. The molecule has 0 radical (unpaired) electrons. The van der Waals surface area contributed by atoms with E-state index in [9.17, 15) is 25.0 Å². The zero-order valence-electron chi connectivity index (χ0n) is 14.1. The van der Waals surface area contributed by atoms with Crippen molar-refractivity contribution >= 4 is 23.5 Å². The fourth-order valence-corrected chi connectivity index (χ4v) is 2.95. The number of benzene rings is 1. The second-order valence-electron chi connectivity index (χ2n) is 6.44. The van der Waals surface area contributed by atoms with E-state index in [0.717, 1.165) is 17.7 Å². The SMILES string of the molecule is CC1=NC(=O)N(C(=O)NCC2CC2)C(c2cccc([N+](=O)[O-])c2)C1C#N. The Morgan fingerprint density at radius 2 is 2.23 bits per heavy atom. The molecular weight excluding hydrogens is 338 g/mol. The van der Waals surface area contributed by atoms with Crippen LogP contribution in [-0.4, -0.2) is 34.1 Å². The standard InChI is InChI=1S/C17H17N5O4/c1-10-14(8-18)15(12-3-2-4-13(7-12)22(25)26)21(17(24)20-10)16(23)19-9-11-5-6-11/h2-4,7,11,14-15H,5-6,9H2,1H3,(H,19,23). The number of hydrogen-bond acceptors (Lipinski definition) is 5. The van der Waals surface area contributed by atoms with E-state index in [0.29, 0.717) is 18.0 Å². The highest BCUT2D eigenvalue weighted by atomic mass is 16.6. The molecular formula is C17H17N5O4. The van der Waals surface area contributed by atoms with E-state index in [2.05, 4.69) is 16.4 Å². The first-order valence-corrected chi connectivity index (χ1v) is 8.22. The number of nitro benzene ring substituents is 1. The number of carbonyl (C=O) groups is 2. The van der Waals surface area contributed by atoms with Crippen LogP contribution in [0, 0.1) is 33.3 Å². The summed E-state index contributed by atoms with van der Waals surface area (Å²) in [5.41, 5.74) is 0.445. The molecule has 1 N–H and O–H groups in total. The molecule has 2 unspecified atom stereocenters. The van der Waals surface area contributed by atoms with Crippen LogP contribution in [0.25, 0.3) is 0 Å². The van der Waals surface area contributed by atoms with Gasteiger partial charge < -0.3 is 5.32 Å². The smallest absolute Gasteiger partial charge is 0.337 e. The van der Waals surface area contributed by atoms with Gasteiger partial charge in [0, 0.05) is 24.4 Å². The van der Waals surface area contributed by atoms with Gasteiger partial charge in [-0.15, -0.1) is 0 Å². The van der Waals surface area contributed by atoms with E-state index in [4.69, 9.17) is 0 Å². The summed E-state index contributed by atoms with van der Waals surface area (Å²) in [6.45, 7) is 1.99. The normalized spacial score (nSPS) is 22.4. The molecule has 3 rings (SSSR count). The zero-order chi connectivity index (χ0) is 18.8. The number of nitrogens with one attached hydrogen (secondary N) is 1. The van der Waals surface area contributed by atoms with Crippen molar-refractivity contribution in [1.82, 2.24) is 10.2 Å². The lowest BCUT2D eigenvalue weighted by Gasteiger charge is -2.35. The highest BCUT2D eigenvalue weighted by Gasteiger charge is 2.42. The summed E-state index contributed by atoms with van der Waals surface area (Å²) in [6, 6.07) is 5.29. The molecule has 1 aromatic carbocycles. The van der Waals surface area contributed by atoms with E-state index in [1.54, 1.807) is 6.07 Å². The van der Waals surface area contributed by atoms with Crippen molar-refractivity contribution < 1.29 is 14.5 Å². The average Bonchev–Trinajstić information content (AvgIpc) is 3.43. The number of hydrogen-bond donors (Lipinski definition) is 1. The molecule has 0 aromatic heterocycles.